The molecule has 0 aliphatic heterocycles. The molecule has 0 bridgehead atoms. The van der Waals surface area contributed by atoms with Gasteiger partial charge < -0.3 is 19.9 Å². The van der Waals surface area contributed by atoms with Gasteiger partial charge in [-0.25, -0.2) is 4.79 Å². The molecular weight excluding hydrogens is 282 g/mol. The van der Waals surface area contributed by atoms with Crippen molar-refractivity contribution in [2.45, 2.75) is 13.8 Å². The molecule has 0 heterocycles. The molecule has 0 radical (unpaired) electrons. The molecule has 0 spiro atoms. The first-order valence-corrected chi connectivity index (χ1v) is 7.19. The van der Waals surface area contributed by atoms with Gasteiger partial charge in [0, 0.05) is 18.4 Å². The normalized spacial score (nSPS) is 11.6. The Morgan fingerprint density at radius 3 is 2.59 bits per heavy atom. The Bertz CT molecular complexity index is 502. The summed E-state index contributed by atoms with van der Waals surface area (Å²) in [4.78, 5) is 11.2. The van der Waals surface area contributed by atoms with Gasteiger partial charge in [0.25, 0.3) is 0 Å². The summed E-state index contributed by atoms with van der Waals surface area (Å²) in [6.07, 6.45) is 4.89. The predicted octanol–water partition coefficient (Wildman–Crippen LogP) is 2.52. The molecule has 120 valence electrons. The molecule has 2 N–H and O–H groups in total. The van der Waals surface area contributed by atoms with Crippen LogP contribution in [0.3, 0.4) is 0 Å². The first-order chi connectivity index (χ1) is 10.6. The largest absolute Gasteiger partial charge is 0.491 e. The molecule has 5 nitrogen and oxygen atoms in total. The van der Waals surface area contributed by atoms with Crippen molar-refractivity contribution in [3.05, 3.63) is 47.7 Å². The van der Waals surface area contributed by atoms with E-state index in [1.807, 2.05) is 37.3 Å². The summed E-state index contributed by atoms with van der Waals surface area (Å²) in [5.41, 5.74) is 6.80. The number of nitrogens with two attached hydrogens (primary N) is 1. The number of benzene rings is 1. The fourth-order valence-corrected chi connectivity index (χ4v) is 1.58. The third-order valence-electron chi connectivity index (χ3n) is 2.56. The first-order valence-electron chi connectivity index (χ1n) is 7.19. The third-order valence-corrected chi connectivity index (χ3v) is 2.56. The van der Waals surface area contributed by atoms with Crippen LogP contribution in [0, 0.1) is 0 Å². The van der Waals surface area contributed by atoms with E-state index in [1.54, 1.807) is 13.0 Å². The van der Waals surface area contributed by atoms with E-state index in [0.717, 1.165) is 11.3 Å². The van der Waals surface area contributed by atoms with E-state index in [4.69, 9.17) is 19.9 Å². The number of esters is 1. The lowest BCUT2D eigenvalue weighted by Crippen LogP contribution is -2.06. The highest BCUT2D eigenvalue weighted by Crippen LogP contribution is 2.13. The van der Waals surface area contributed by atoms with E-state index in [9.17, 15) is 4.79 Å². The van der Waals surface area contributed by atoms with Gasteiger partial charge in [0.1, 0.15) is 19.0 Å². The van der Waals surface area contributed by atoms with Crippen molar-refractivity contribution in [1.82, 2.24) is 0 Å². The number of hydrogen-bond donors (Lipinski definition) is 1. The zero-order valence-corrected chi connectivity index (χ0v) is 13.1. The zero-order valence-electron chi connectivity index (χ0n) is 13.1. The lowest BCUT2D eigenvalue weighted by Gasteiger charge is -2.06. The Morgan fingerprint density at radius 1 is 1.23 bits per heavy atom. The maximum absolute atomic E-state index is 11.2. The maximum atomic E-state index is 11.2. The number of rotatable bonds is 9. The van der Waals surface area contributed by atoms with Gasteiger partial charge >= 0.3 is 5.97 Å². The van der Waals surface area contributed by atoms with Gasteiger partial charge in [-0.3, -0.25) is 0 Å². The minimum Gasteiger partial charge on any atom is -0.491 e. The molecule has 0 aromatic heterocycles. The molecule has 0 aliphatic carbocycles. The fraction of sp³-hybridized carbons (Fsp3) is 0.353. The van der Waals surface area contributed by atoms with Crippen molar-refractivity contribution >= 4 is 12.0 Å². The molecular formula is C17H23NO4. The Labute approximate surface area is 131 Å². The van der Waals surface area contributed by atoms with E-state index in [1.165, 1.54) is 6.08 Å². The van der Waals surface area contributed by atoms with Crippen molar-refractivity contribution in [3.8, 4) is 5.75 Å². The van der Waals surface area contributed by atoms with Crippen LogP contribution in [0.1, 0.15) is 19.4 Å². The highest BCUT2D eigenvalue weighted by Gasteiger charge is 1.96. The fourth-order valence-electron chi connectivity index (χ4n) is 1.58. The summed E-state index contributed by atoms with van der Waals surface area (Å²) in [5.74, 6) is 0.356. The van der Waals surface area contributed by atoms with Crippen LogP contribution in [-0.4, -0.2) is 32.4 Å². The second-order valence-electron chi connectivity index (χ2n) is 4.54. The molecule has 1 aromatic rings. The molecule has 1 rings (SSSR count). The molecule has 0 unspecified atom stereocenters. The van der Waals surface area contributed by atoms with Crippen LogP contribution in [0.2, 0.25) is 0 Å². The highest BCUT2D eigenvalue weighted by atomic mass is 16.5. The maximum Gasteiger partial charge on any atom is 0.332 e. The summed E-state index contributed by atoms with van der Waals surface area (Å²) in [6.45, 7) is 5.60. The first kappa shape index (κ1) is 17.8. The summed E-state index contributed by atoms with van der Waals surface area (Å²) >= 11 is 0. The van der Waals surface area contributed by atoms with Gasteiger partial charge in [0.2, 0.25) is 0 Å². The van der Waals surface area contributed by atoms with Gasteiger partial charge in [-0.15, -0.1) is 0 Å². The van der Waals surface area contributed by atoms with Crippen LogP contribution in [0.5, 0.6) is 5.75 Å². The summed E-state index contributed by atoms with van der Waals surface area (Å²) < 4.78 is 15.7. The minimum absolute atomic E-state index is 0.204. The Hall–Kier alpha value is -2.27. The van der Waals surface area contributed by atoms with Crippen molar-refractivity contribution in [2.24, 2.45) is 5.73 Å². The Balaban J connectivity index is 2.33. The summed E-state index contributed by atoms with van der Waals surface area (Å²) in [7, 11) is 0. The number of carbonyl (C=O) groups is 1. The van der Waals surface area contributed by atoms with E-state index >= 15 is 0 Å². The Kier molecular flexibility index (Phi) is 8.45. The van der Waals surface area contributed by atoms with Crippen LogP contribution in [0.15, 0.2) is 42.1 Å². The molecule has 22 heavy (non-hydrogen) atoms. The average molecular weight is 305 g/mol. The quantitative estimate of drug-likeness (QED) is 0.431. The number of hydrogen-bond acceptors (Lipinski definition) is 5. The lowest BCUT2D eigenvalue weighted by molar-refractivity contribution is -0.136. The second kappa shape index (κ2) is 10.5. The van der Waals surface area contributed by atoms with E-state index in [2.05, 4.69) is 0 Å². The molecule has 5 heteroatoms. The van der Waals surface area contributed by atoms with Crippen molar-refractivity contribution in [1.29, 1.82) is 0 Å². The monoisotopic (exact) mass is 305 g/mol. The van der Waals surface area contributed by atoms with E-state index < -0.39 is 5.97 Å². The van der Waals surface area contributed by atoms with Crippen LogP contribution >= 0.6 is 0 Å². The summed E-state index contributed by atoms with van der Waals surface area (Å²) in [6, 6.07) is 7.63. The molecule has 0 atom stereocenters. The standard InChI is InChI=1S/C17H23NO4/c1-3-20-11-12-21-16-8-6-15(7-9-16)5-4-10-22-17(19)13-14(2)18/h4-9,13H,3,10-12,18H2,1-2H3/b5-4?,14-13-. The van der Waals surface area contributed by atoms with Crippen molar-refractivity contribution in [3.63, 3.8) is 0 Å². The SMILES string of the molecule is CCOCCOc1ccc(C=CCOC(=O)/C=C(/C)N)cc1. The second-order valence-corrected chi connectivity index (χ2v) is 4.54. The topological polar surface area (TPSA) is 70.8 Å². The smallest absolute Gasteiger partial charge is 0.332 e. The van der Waals surface area contributed by atoms with Crippen molar-refractivity contribution < 1.29 is 19.0 Å². The van der Waals surface area contributed by atoms with E-state index in [-0.39, 0.29) is 6.61 Å². The molecule has 0 saturated heterocycles. The number of allylic oxidation sites excluding steroid dienone is 1. The average Bonchev–Trinajstić information content (AvgIpc) is 2.49. The molecule has 0 amide bonds. The van der Waals surface area contributed by atoms with Crippen LogP contribution in [0.25, 0.3) is 6.08 Å². The van der Waals surface area contributed by atoms with Gasteiger partial charge in [0.05, 0.1) is 6.61 Å². The van der Waals surface area contributed by atoms with Crippen molar-refractivity contribution in [2.75, 3.05) is 26.4 Å². The minimum atomic E-state index is -0.442. The van der Waals surface area contributed by atoms with Crippen LogP contribution < -0.4 is 10.5 Å². The number of ether oxygens (including phenoxy) is 3. The van der Waals surface area contributed by atoms with Gasteiger partial charge in [-0.05, 0) is 37.6 Å². The van der Waals surface area contributed by atoms with Gasteiger partial charge in [-0.1, -0.05) is 18.2 Å². The molecule has 0 saturated carbocycles. The molecule has 0 fully saturated rings. The molecule has 1 aromatic carbocycles. The highest BCUT2D eigenvalue weighted by molar-refractivity contribution is 5.82. The van der Waals surface area contributed by atoms with Crippen LogP contribution in [0.4, 0.5) is 0 Å². The molecule has 0 aliphatic rings. The van der Waals surface area contributed by atoms with E-state index in [0.29, 0.717) is 25.5 Å². The zero-order chi connectivity index (χ0) is 16.2. The lowest BCUT2D eigenvalue weighted by atomic mass is 10.2. The Morgan fingerprint density at radius 2 is 1.95 bits per heavy atom. The number of carbonyl (C=O) groups excluding carboxylic acids is 1. The summed E-state index contributed by atoms with van der Waals surface area (Å²) in [5, 5.41) is 0. The van der Waals surface area contributed by atoms with Gasteiger partial charge in [0.15, 0.2) is 0 Å². The van der Waals surface area contributed by atoms with Crippen LogP contribution in [-0.2, 0) is 14.3 Å². The predicted molar refractivity (Wildman–Crippen MR) is 86.4 cm³/mol. The van der Waals surface area contributed by atoms with Gasteiger partial charge in [-0.2, -0.15) is 0 Å². The third kappa shape index (κ3) is 8.11.